The summed E-state index contributed by atoms with van der Waals surface area (Å²) in [6.45, 7) is 2.42. The Hall–Kier alpha value is -3.84. The summed E-state index contributed by atoms with van der Waals surface area (Å²) in [5.41, 5.74) is 5.50. The molecule has 0 bridgehead atoms. The van der Waals surface area contributed by atoms with Gasteiger partial charge in [-0.15, -0.1) is 0 Å². The number of pyridine rings is 2. The number of halogens is 3. The molecule has 5 aromatic rings. The third-order valence-electron chi connectivity index (χ3n) is 7.56. The van der Waals surface area contributed by atoms with Crippen molar-refractivity contribution in [2.75, 3.05) is 6.54 Å². The first-order valence-corrected chi connectivity index (χ1v) is 15.2. The normalized spacial score (nSPS) is 11.2. The number of benzene rings is 3. The maximum Gasteiger partial charge on any atom is 0.255 e. The van der Waals surface area contributed by atoms with Gasteiger partial charge in [0.2, 0.25) is 0 Å². The van der Waals surface area contributed by atoms with Gasteiger partial charge in [0.05, 0.1) is 16.3 Å². The van der Waals surface area contributed by atoms with Crippen molar-refractivity contribution in [3.8, 4) is 28.1 Å². The highest BCUT2D eigenvalue weighted by atomic mass is 35.5. The number of hydrogen-bond acceptors (Lipinski definition) is 4. The summed E-state index contributed by atoms with van der Waals surface area (Å²) in [6, 6.07) is 21.4. The number of nitrogens with zero attached hydrogens (tertiary/aromatic N) is 2. The molecule has 6 nitrogen and oxygen atoms in total. The van der Waals surface area contributed by atoms with E-state index in [0.717, 1.165) is 34.1 Å². The van der Waals surface area contributed by atoms with Gasteiger partial charge >= 0.3 is 0 Å². The fraction of sp³-hybridized carbons (Fsp3) is 0.206. The van der Waals surface area contributed by atoms with E-state index in [4.69, 9.17) is 39.8 Å². The lowest BCUT2D eigenvalue weighted by Gasteiger charge is -2.19. The quantitative estimate of drug-likeness (QED) is 0.160. The van der Waals surface area contributed by atoms with Crippen LogP contribution >= 0.6 is 34.8 Å². The maximum absolute atomic E-state index is 13.5. The number of nitrogens with one attached hydrogen (secondary N) is 1. The highest BCUT2D eigenvalue weighted by Crippen LogP contribution is 2.39. The van der Waals surface area contributed by atoms with Crippen LogP contribution in [0, 0.1) is 0 Å². The van der Waals surface area contributed by atoms with Crippen molar-refractivity contribution in [2.45, 2.75) is 32.6 Å². The number of aromatic nitrogens is 2. The van der Waals surface area contributed by atoms with Gasteiger partial charge in [-0.2, -0.15) is 0 Å². The fourth-order valence-corrected chi connectivity index (χ4v) is 5.97. The first kappa shape index (κ1) is 30.6. The number of unbranched alkanes of at least 4 members (excludes halogenated alkanes) is 1. The first-order chi connectivity index (χ1) is 20.7. The topological polar surface area (TPSA) is 84.2 Å². The lowest BCUT2D eigenvalue weighted by molar-refractivity contribution is 0.0950. The molecule has 0 saturated carbocycles. The van der Waals surface area contributed by atoms with E-state index in [2.05, 4.69) is 11.4 Å². The molecule has 0 fully saturated rings. The van der Waals surface area contributed by atoms with Crippen LogP contribution in [0.5, 0.6) is 5.75 Å². The minimum Gasteiger partial charge on any atom is -0.507 e. The number of carbonyl (C=O) groups is 1. The molecule has 3 aromatic carbocycles. The number of hydrogen-bond donors (Lipinski definition) is 2. The maximum atomic E-state index is 13.5. The molecule has 0 aliphatic carbocycles. The Morgan fingerprint density at radius 3 is 2.33 bits per heavy atom. The predicted molar refractivity (Wildman–Crippen MR) is 176 cm³/mol. The molecule has 2 N–H and O–H groups in total. The second-order valence-corrected chi connectivity index (χ2v) is 11.6. The molecule has 43 heavy (non-hydrogen) atoms. The number of aryl methyl sites for hydroxylation is 2. The van der Waals surface area contributed by atoms with Gasteiger partial charge in [0.25, 0.3) is 11.5 Å². The number of phenols is 1. The molecule has 2 aromatic heterocycles. The van der Waals surface area contributed by atoms with Gasteiger partial charge in [-0.3, -0.25) is 14.2 Å². The summed E-state index contributed by atoms with van der Waals surface area (Å²) in [4.78, 5) is 31.1. The number of aromatic hydroxyl groups is 1. The molecule has 0 atom stereocenters. The van der Waals surface area contributed by atoms with Crippen molar-refractivity contribution in [1.82, 2.24) is 14.9 Å². The summed E-state index contributed by atoms with van der Waals surface area (Å²) in [5.74, 6) is -0.376. The second-order valence-electron chi connectivity index (χ2n) is 10.3. The zero-order chi connectivity index (χ0) is 30.7. The SMILES string of the molecule is CCc1c(CCCCNC(=O)c2ccccc2O)c2cc(-c3ccc(Cl)cc3)c(-c3ccc(Cl)cc3Cl)nc2n(C)c1=O. The average Bonchev–Trinajstić information content (AvgIpc) is 2.99. The number of fused-ring (bicyclic) bond motifs is 1. The molecular weight excluding hydrogens is 605 g/mol. The van der Waals surface area contributed by atoms with Crippen LogP contribution in [0.1, 0.15) is 41.3 Å². The highest BCUT2D eigenvalue weighted by Gasteiger charge is 2.21. The Bertz CT molecular complexity index is 1890. The van der Waals surface area contributed by atoms with Gasteiger partial charge < -0.3 is 10.4 Å². The number of para-hydroxylation sites is 1. The molecule has 0 aliphatic heterocycles. The van der Waals surface area contributed by atoms with Gasteiger partial charge in [0, 0.05) is 45.7 Å². The molecule has 0 saturated heterocycles. The Kier molecular flexibility index (Phi) is 9.40. The zero-order valence-corrected chi connectivity index (χ0v) is 26.0. The predicted octanol–water partition coefficient (Wildman–Crippen LogP) is 8.25. The van der Waals surface area contributed by atoms with Crippen molar-refractivity contribution in [1.29, 1.82) is 0 Å². The largest absolute Gasteiger partial charge is 0.507 e. The van der Waals surface area contributed by atoms with E-state index < -0.39 is 0 Å². The Morgan fingerprint density at radius 2 is 1.63 bits per heavy atom. The van der Waals surface area contributed by atoms with Crippen LogP contribution in [0.3, 0.4) is 0 Å². The van der Waals surface area contributed by atoms with Crippen molar-refractivity contribution >= 4 is 51.7 Å². The summed E-state index contributed by atoms with van der Waals surface area (Å²) in [7, 11) is 1.74. The molecule has 220 valence electrons. The Labute approximate surface area is 264 Å². The zero-order valence-electron chi connectivity index (χ0n) is 23.8. The smallest absolute Gasteiger partial charge is 0.255 e. The molecular formula is C34H30Cl3N3O3. The lowest BCUT2D eigenvalue weighted by Crippen LogP contribution is -2.25. The first-order valence-electron chi connectivity index (χ1n) is 14.0. The summed E-state index contributed by atoms with van der Waals surface area (Å²) in [6.07, 6.45) is 2.63. The highest BCUT2D eigenvalue weighted by molar-refractivity contribution is 6.36. The van der Waals surface area contributed by atoms with Crippen LogP contribution in [0.15, 0.2) is 77.6 Å². The van der Waals surface area contributed by atoms with Crippen LogP contribution in [0.4, 0.5) is 0 Å². The lowest BCUT2D eigenvalue weighted by atomic mass is 9.93. The van der Waals surface area contributed by atoms with Crippen LogP contribution in [-0.2, 0) is 19.9 Å². The van der Waals surface area contributed by atoms with E-state index in [-0.39, 0.29) is 22.8 Å². The molecule has 0 radical (unpaired) electrons. The van der Waals surface area contributed by atoms with E-state index in [0.29, 0.717) is 57.8 Å². The number of carbonyl (C=O) groups excluding carboxylic acids is 1. The Balaban J connectivity index is 1.54. The minimum atomic E-state index is -0.323. The van der Waals surface area contributed by atoms with Gasteiger partial charge in [-0.1, -0.05) is 66.0 Å². The number of phenolic OH excluding ortho intramolecular Hbond substituents is 1. The van der Waals surface area contributed by atoms with Crippen molar-refractivity contribution in [3.63, 3.8) is 0 Å². The summed E-state index contributed by atoms with van der Waals surface area (Å²) >= 11 is 19.1. The molecule has 0 aliphatic rings. The Morgan fingerprint density at radius 1 is 0.907 bits per heavy atom. The van der Waals surface area contributed by atoms with E-state index >= 15 is 0 Å². The van der Waals surface area contributed by atoms with E-state index in [1.807, 2.05) is 37.3 Å². The van der Waals surface area contributed by atoms with Crippen LogP contribution in [0.25, 0.3) is 33.4 Å². The fourth-order valence-electron chi connectivity index (χ4n) is 5.35. The standard InChI is InChI=1S/C34H30Cl3N3O3/c1-3-23-24(8-6-7-17-38-33(42)26-9-4-5-10-30(26)41)28-19-27(20-11-13-21(35)14-12-20)31(39-32(28)40(2)34(23)43)25-16-15-22(36)18-29(25)37/h4-5,9-16,18-19,41H,3,6-8,17H2,1-2H3,(H,38,42). The van der Waals surface area contributed by atoms with E-state index in [9.17, 15) is 14.7 Å². The number of amides is 1. The molecule has 5 rings (SSSR count). The molecule has 1 amide bonds. The minimum absolute atomic E-state index is 0.0533. The summed E-state index contributed by atoms with van der Waals surface area (Å²) < 4.78 is 1.60. The van der Waals surface area contributed by atoms with E-state index in [1.54, 1.807) is 41.9 Å². The van der Waals surface area contributed by atoms with Crippen LogP contribution in [0.2, 0.25) is 15.1 Å². The average molecular weight is 635 g/mol. The third kappa shape index (κ3) is 6.42. The van der Waals surface area contributed by atoms with E-state index in [1.165, 1.54) is 6.07 Å². The number of rotatable bonds is 9. The monoisotopic (exact) mass is 633 g/mol. The third-order valence-corrected chi connectivity index (χ3v) is 8.35. The van der Waals surface area contributed by atoms with Gasteiger partial charge in [0.15, 0.2) is 0 Å². The second kappa shape index (κ2) is 13.2. The summed E-state index contributed by atoms with van der Waals surface area (Å²) in [5, 5.41) is 15.3. The van der Waals surface area contributed by atoms with Crippen LogP contribution < -0.4 is 10.9 Å². The molecule has 0 unspecified atom stereocenters. The van der Waals surface area contributed by atoms with Crippen molar-refractivity contribution in [3.05, 3.63) is 115 Å². The van der Waals surface area contributed by atoms with Crippen molar-refractivity contribution in [2.24, 2.45) is 7.05 Å². The molecule has 9 heteroatoms. The van der Waals surface area contributed by atoms with Gasteiger partial charge in [0.1, 0.15) is 11.4 Å². The van der Waals surface area contributed by atoms with Crippen molar-refractivity contribution < 1.29 is 9.90 Å². The van der Waals surface area contributed by atoms with Gasteiger partial charge in [-0.25, -0.2) is 4.98 Å². The molecule has 0 spiro atoms. The molecule has 2 heterocycles. The van der Waals surface area contributed by atoms with Crippen LogP contribution in [-0.4, -0.2) is 27.1 Å². The van der Waals surface area contributed by atoms with Gasteiger partial charge in [-0.05, 0) is 85.3 Å².